The van der Waals surface area contributed by atoms with Gasteiger partial charge in [-0.25, -0.2) is 0 Å². The van der Waals surface area contributed by atoms with Gasteiger partial charge in [-0.15, -0.1) is 11.3 Å². The van der Waals surface area contributed by atoms with E-state index in [1.807, 2.05) is 17.4 Å². The SMILES string of the molecule is c1ccc2c(-c3c4ccccc4c(-c4ccc5cc(-c6ccc7cc8sc9c(ccc%10c%11ccccc%11oc%109)c8cc7c6)ccc5c4)c4ccccc34)cccc2c1. The molecule has 0 spiro atoms. The lowest BCUT2D eigenvalue weighted by molar-refractivity contribution is 0.673. The predicted octanol–water partition coefficient (Wildman–Crippen LogP) is 16.7. The first kappa shape index (κ1) is 31.9. The van der Waals surface area contributed by atoms with Crippen LogP contribution in [0.5, 0.6) is 0 Å². The van der Waals surface area contributed by atoms with Crippen LogP contribution in [-0.2, 0) is 0 Å². The zero-order valence-corrected chi connectivity index (χ0v) is 32.1. The second kappa shape index (κ2) is 12.1. The summed E-state index contributed by atoms with van der Waals surface area (Å²) in [7, 11) is 0. The third-order valence-electron chi connectivity index (χ3n) is 12.4. The van der Waals surface area contributed by atoms with Crippen molar-refractivity contribution in [3.63, 3.8) is 0 Å². The Bertz CT molecular complexity index is 3800. The largest absolute Gasteiger partial charge is 0.455 e. The molecule has 1 nitrogen and oxygen atoms in total. The summed E-state index contributed by atoms with van der Waals surface area (Å²) in [6, 6.07) is 71.7. The molecule has 0 radical (unpaired) electrons. The number of hydrogen-bond donors (Lipinski definition) is 0. The van der Waals surface area contributed by atoms with E-state index in [2.05, 4.69) is 188 Å². The van der Waals surface area contributed by atoms with Crippen LogP contribution in [0.15, 0.2) is 199 Å². The second-order valence-corrected chi connectivity index (χ2v) is 16.6. The lowest BCUT2D eigenvalue weighted by Crippen LogP contribution is -1.91. The highest BCUT2D eigenvalue weighted by atomic mass is 32.1. The van der Waals surface area contributed by atoms with Crippen LogP contribution in [0, 0.1) is 0 Å². The van der Waals surface area contributed by atoms with Crippen LogP contribution in [0.4, 0.5) is 0 Å². The molecule has 0 bridgehead atoms. The van der Waals surface area contributed by atoms with Gasteiger partial charge in [-0.2, -0.15) is 0 Å². The Morgan fingerprint density at radius 1 is 0.310 bits per heavy atom. The first-order chi connectivity index (χ1) is 28.7. The number of para-hydroxylation sites is 1. The molecule has 2 heterocycles. The maximum Gasteiger partial charge on any atom is 0.153 e. The summed E-state index contributed by atoms with van der Waals surface area (Å²) < 4.78 is 8.92. The Hall–Kier alpha value is -7.26. The van der Waals surface area contributed by atoms with Gasteiger partial charge >= 0.3 is 0 Å². The molecule has 13 rings (SSSR count). The fourth-order valence-corrected chi connectivity index (χ4v) is 10.9. The molecule has 0 atom stereocenters. The predicted molar refractivity (Wildman–Crippen MR) is 250 cm³/mol. The highest BCUT2D eigenvalue weighted by molar-refractivity contribution is 7.26. The van der Waals surface area contributed by atoms with Crippen LogP contribution >= 0.6 is 11.3 Å². The Balaban J connectivity index is 0.926. The third-order valence-corrected chi connectivity index (χ3v) is 13.6. The lowest BCUT2D eigenvalue weighted by atomic mass is 9.84. The van der Waals surface area contributed by atoms with Crippen molar-refractivity contribution in [3.8, 4) is 33.4 Å². The van der Waals surface area contributed by atoms with Crippen molar-refractivity contribution in [2.75, 3.05) is 0 Å². The van der Waals surface area contributed by atoms with E-state index >= 15 is 0 Å². The average molecular weight is 753 g/mol. The topological polar surface area (TPSA) is 13.1 Å². The van der Waals surface area contributed by atoms with Crippen molar-refractivity contribution in [2.45, 2.75) is 0 Å². The van der Waals surface area contributed by atoms with Crippen molar-refractivity contribution in [3.05, 3.63) is 194 Å². The first-order valence-corrected chi connectivity index (χ1v) is 20.7. The molecular formula is C56H32OS. The van der Waals surface area contributed by atoms with Crippen LogP contribution in [0.25, 0.3) is 129 Å². The van der Waals surface area contributed by atoms with Crippen LogP contribution in [0.3, 0.4) is 0 Å². The molecule has 2 aromatic heterocycles. The molecule has 2 heteroatoms. The maximum absolute atomic E-state index is 6.42. The molecular weight excluding hydrogens is 721 g/mol. The molecule has 0 unspecified atom stereocenters. The van der Waals surface area contributed by atoms with Gasteiger partial charge in [-0.3, -0.25) is 0 Å². The van der Waals surface area contributed by atoms with E-state index in [0.29, 0.717) is 0 Å². The standard InChI is InChI=1S/C56H32OS/c1-2-12-41-33(10-1)11-9-18-43(41)54-46-16-5-3-14-44(46)53(45-15-4-6-17-47(45)54)39-25-24-35-28-34(20-21-36(35)29-39)37-22-23-38-32-52-50(31-40(38)30-37)49-27-26-48-42-13-7-8-19-51(42)57-55(48)56(49)58-52/h1-32H. The van der Waals surface area contributed by atoms with Crippen molar-refractivity contribution in [1.29, 1.82) is 0 Å². The zero-order valence-electron chi connectivity index (χ0n) is 31.3. The van der Waals surface area contributed by atoms with Gasteiger partial charge in [-0.1, -0.05) is 152 Å². The summed E-state index contributed by atoms with van der Waals surface area (Å²) in [5, 5.41) is 17.5. The van der Waals surface area contributed by atoms with Gasteiger partial charge in [0.1, 0.15) is 5.58 Å². The molecule has 0 saturated heterocycles. The molecule has 0 aliphatic rings. The van der Waals surface area contributed by atoms with E-state index in [1.165, 1.54) is 118 Å². The van der Waals surface area contributed by atoms with Crippen LogP contribution < -0.4 is 0 Å². The van der Waals surface area contributed by atoms with Crippen LogP contribution in [0.1, 0.15) is 0 Å². The molecule has 0 N–H and O–H groups in total. The zero-order chi connectivity index (χ0) is 37.9. The summed E-state index contributed by atoms with van der Waals surface area (Å²) in [6.07, 6.45) is 0. The number of rotatable bonds is 3. The van der Waals surface area contributed by atoms with E-state index < -0.39 is 0 Å². The molecule has 58 heavy (non-hydrogen) atoms. The molecule has 0 aliphatic carbocycles. The third kappa shape index (κ3) is 4.64. The number of thiophene rings is 1. The van der Waals surface area contributed by atoms with Gasteiger partial charge < -0.3 is 4.42 Å². The lowest BCUT2D eigenvalue weighted by Gasteiger charge is -2.19. The van der Waals surface area contributed by atoms with E-state index in [1.54, 1.807) is 0 Å². The Morgan fingerprint density at radius 3 is 1.60 bits per heavy atom. The van der Waals surface area contributed by atoms with E-state index in [-0.39, 0.29) is 0 Å². The second-order valence-electron chi connectivity index (χ2n) is 15.6. The Morgan fingerprint density at radius 2 is 0.862 bits per heavy atom. The fraction of sp³-hybridized carbons (Fsp3) is 0. The Labute approximate surface area is 337 Å². The van der Waals surface area contributed by atoms with Crippen LogP contribution in [0.2, 0.25) is 0 Å². The van der Waals surface area contributed by atoms with E-state index in [4.69, 9.17) is 4.42 Å². The fourth-order valence-electron chi connectivity index (χ4n) is 9.69. The number of furan rings is 1. The highest BCUT2D eigenvalue weighted by Crippen LogP contribution is 2.47. The monoisotopic (exact) mass is 752 g/mol. The quantitative estimate of drug-likeness (QED) is 0.164. The normalized spacial score (nSPS) is 12.1. The van der Waals surface area contributed by atoms with Crippen molar-refractivity contribution in [2.24, 2.45) is 0 Å². The molecule has 0 fully saturated rings. The van der Waals surface area contributed by atoms with Crippen molar-refractivity contribution >= 4 is 107 Å². The van der Waals surface area contributed by atoms with E-state index in [0.717, 1.165) is 11.2 Å². The smallest absolute Gasteiger partial charge is 0.153 e. The van der Waals surface area contributed by atoms with Crippen molar-refractivity contribution in [1.82, 2.24) is 0 Å². The van der Waals surface area contributed by atoms with Gasteiger partial charge in [0.05, 0.1) is 4.70 Å². The molecule has 268 valence electrons. The van der Waals surface area contributed by atoms with Gasteiger partial charge in [0.25, 0.3) is 0 Å². The van der Waals surface area contributed by atoms with Crippen LogP contribution in [-0.4, -0.2) is 0 Å². The highest BCUT2D eigenvalue weighted by Gasteiger charge is 2.19. The summed E-state index contributed by atoms with van der Waals surface area (Å²) in [5.74, 6) is 0. The van der Waals surface area contributed by atoms with Gasteiger partial charge in [0, 0.05) is 26.2 Å². The molecule has 0 saturated carbocycles. The summed E-state index contributed by atoms with van der Waals surface area (Å²) in [6.45, 7) is 0. The summed E-state index contributed by atoms with van der Waals surface area (Å²) in [4.78, 5) is 0. The van der Waals surface area contributed by atoms with E-state index in [9.17, 15) is 0 Å². The molecule has 13 aromatic rings. The Kier molecular flexibility index (Phi) is 6.66. The molecule has 11 aromatic carbocycles. The molecule has 0 amide bonds. The maximum atomic E-state index is 6.42. The average Bonchev–Trinajstić information content (AvgIpc) is 3.85. The minimum atomic E-state index is 0.942. The number of benzene rings is 11. The van der Waals surface area contributed by atoms with Gasteiger partial charge in [0.15, 0.2) is 5.58 Å². The summed E-state index contributed by atoms with van der Waals surface area (Å²) >= 11 is 1.83. The number of fused-ring (bicyclic) bond motifs is 12. The first-order valence-electron chi connectivity index (χ1n) is 19.9. The molecule has 0 aliphatic heterocycles. The van der Waals surface area contributed by atoms with Gasteiger partial charge in [-0.05, 0) is 130 Å². The minimum Gasteiger partial charge on any atom is -0.455 e. The number of hydrogen-bond acceptors (Lipinski definition) is 2. The minimum absolute atomic E-state index is 0.942. The van der Waals surface area contributed by atoms with Gasteiger partial charge in [0.2, 0.25) is 0 Å². The van der Waals surface area contributed by atoms with Crippen molar-refractivity contribution < 1.29 is 4.42 Å². The summed E-state index contributed by atoms with van der Waals surface area (Å²) in [5.41, 5.74) is 9.45.